The Morgan fingerprint density at radius 2 is 1.91 bits per heavy atom. The van der Waals surface area contributed by atoms with Crippen LogP contribution >= 0.6 is 11.6 Å². The van der Waals surface area contributed by atoms with Gasteiger partial charge in [-0.15, -0.1) is 0 Å². The molecule has 1 aromatic carbocycles. The average molecular weight is 323 g/mol. The van der Waals surface area contributed by atoms with Crippen LogP contribution in [0.4, 0.5) is 4.79 Å². The molecule has 7 heteroatoms. The van der Waals surface area contributed by atoms with Gasteiger partial charge in [-0.05, 0) is 17.7 Å². The van der Waals surface area contributed by atoms with Crippen molar-refractivity contribution >= 4 is 29.1 Å². The van der Waals surface area contributed by atoms with Crippen molar-refractivity contribution in [2.24, 2.45) is 0 Å². The van der Waals surface area contributed by atoms with Gasteiger partial charge >= 0.3 is 6.03 Å². The van der Waals surface area contributed by atoms with Gasteiger partial charge in [0.25, 0.3) is 5.91 Å². The fourth-order valence-corrected chi connectivity index (χ4v) is 3.02. The zero-order valence-electron chi connectivity index (χ0n) is 12.1. The zero-order chi connectivity index (χ0) is 16.1. The molecule has 0 aliphatic carbocycles. The number of halogens is 1. The van der Waals surface area contributed by atoms with Crippen molar-refractivity contribution in [3.63, 3.8) is 0 Å². The van der Waals surface area contributed by atoms with Gasteiger partial charge in [0.15, 0.2) is 6.23 Å². The quantitative estimate of drug-likeness (QED) is 0.847. The smallest absolute Gasteiger partial charge is 0.328 e. The predicted molar refractivity (Wildman–Crippen MR) is 80.0 cm³/mol. The van der Waals surface area contributed by atoms with E-state index in [1.54, 1.807) is 30.3 Å². The molecule has 3 amide bonds. The molecule has 2 atom stereocenters. The second-order valence-corrected chi connectivity index (χ2v) is 5.74. The third kappa shape index (κ3) is 1.88. The summed E-state index contributed by atoms with van der Waals surface area (Å²) in [7, 11) is 2.80. The van der Waals surface area contributed by atoms with E-state index in [1.807, 2.05) is 0 Å². The summed E-state index contributed by atoms with van der Waals surface area (Å²) in [5.74, 6) is -0.582. The molecule has 6 nitrogen and oxygen atoms in total. The molecule has 1 fully saturated rings. The van der Waals surface area contributed by atoms with Gasteiger partial charge in [0.1, 0.15) is 0 Å². The molecule has 1 saturated heterocycles. The molecule has 1 aromatic rings. The molecule has 1 spiro atoms. The second-order valence-electron chi connectivity index (χ2n) is 5.30. The van der Waals surface area contributed by atoms with Crippen LogP contribution < -0.4 is 0 Å². The summed E-state index contributed by atoms with van der Waals surface area (Å²) >= 11 is 5.89. The van der Waals surface area contributed by atoms with Crippen LogP contribution in [0.5, 0.6) is 0 Å². The molecule has 2 heterocycles. The van der Waals surface area contributed by atoms with E-state index in [2.05, 4.69) is 0 Å². The monoisotopic (exact) mass is 322 g/mol. The van der Waals surface area contributed by atoms with Crippen molar-refractivity contribution < 1.29 is 19.4 Å². The van der Waals surface area contributed by atoms with E-state index in [1.165, 1.54) is 14.1 Å². The van der Waals surface area contributed by atoms with Crippen molar-refractivity contribution in [2.45, 2.75) is 11.8 Å². The molecule has 22 heavy (non-hydrogen) atoms. The Hall–Kier alpha value is -1.89. The van der Waals surface area contributed by atoms with Crippen LogP contribution in [0.25, 0.3) is 5.57 Å². The van der Waals surface area contributed by atoms with E-state index in [-0.39, 0.29) is 6.61 Å². The summed E-state index contributed by atoms with van der Waals surface area (Å²) in [6.07, 6.45) is 0.343. The number of imide groups is 1. The Balaban J connectivity index is 2.11. The highest BCUT2D eigenvalue weighted by atomic mass is 35.5. The van der Waals surface area contributed by atoms with Crippen LogP contribution in [-0.2, 0) is 9.53 Å². The van der Waals surface area contributed by atoms with E-state index >= 15 is 0 Å². The number of amides is 3. The minimum Gasteiger partial charge on any atom is -0.370 e. The number of ether oxygens (including phenoxy) is 1. The summed E-state index contributed by atoms with van der Waals surface area (Å²) in [4.78, 5) is 26.7. The molecule has 0 aromatic heterocycles. The van der Waals surface area contributed by atoms with E-state index in [4.69, 9.17) is 16.3 Å². The lowest BCUT2D eigenvalue weighted by Gasteiger charge is -2.45. The largest absolute Gasteiger partial charge is 0.370 e. The minimum absolute atomic E-state index is 0.177. The molecule has 2 aliphatic heterocycles. The molecule has 0 radical (unpaired) electrons. The number of aliphatic hydroxyl groups excluding tert-OH is 1. The minimum atomic E-state index is -1.61. The Morgan fingerprint density at radius 3 is 2.55 bits per heavy atom. The Bertz CT molecular complexity index is 673. The lowest BCUT2D eigenvalue weighted by Crippen LogP contribution is -2.69. The molecule has 3 rings (SSSR count). The maximum Gasteiger partial charge on any atom is 0.328 e. The highest BCUT2D eigenvalue weighted by Crippen LogP contribution is 2.42. The highest BCUT2D eigenvalue weighted by Gasteiger charge is 2.60. The molecular formula is C15H15ClN2O4. The van der Waals surface area contributed by atoms with Crippen molar-refractivity contribution in [2.75, 3.05) is 20.7 Å². The van der Waals surface area contributed by atoms with Gasteiger partial charge in [-0.2, -0.15) is 0 Å². The first kappa shape index (κ1) is 15.0. The fraction of sp³-hybridized carbons (Fsp3) is 0.333. The van der Waals surface area contributed by atoms with Gasteiger partial charge < -0.3 is 9.84 Å². The third-order valence-corrected chi connectivity index (χ3v) is 4.35. The number of carbonyl (C=O) groups is 2. The van der Waals surface area contributed by atoms with Crippen LogP contribution in [0.1, 0.15) is 5.56 Å². The van der Waals surface area contributed by atoms with Crippen LogP contribution in [-0.4, -0.2) is 59.4 Å². The number of hydrogen-bond donors (Lipinski definition) is 1. The number of aliphatic hydroxyl groups is 1. The molecular weight excluding hydrogens is 308 g/mol. The summed E-state index contributed by atoms with van der Waals surface area (Å²) in [5, 5.41) is 11.1. The number of urea groups is 1. The molecule has 0 saturated carbocycles. The van der Waals surface area contributed by atoms with E-state index in [0.717, 1.165) is 9.80 Å². The lowest BCUT2D eigenvalue weighted by atomic mass is 9.84. The average Bonchev–Trinajstić information content (AvgIpc) is 2.96. The Labute approximate surface area is 132 Å². The first-order chi connectivity index (χ1) is 10.4. The summed E-state index contributed by atoms with van der Waals surface area (Å²) in [5.41, 5.74) is -0.357. The number of likely N-dealkylation sites (N-methyl/N-ethyl adjacent to an activating group) is 2. The van der Waals surface area contributed by atoms with Crippen molar-refractivity contribution in [1.82, 2.24) is 9.80 Å². The summed E-state index contributed by atoms with van der Waals surface area (Å²) < 4.78 is 5.63. The molecule has 2 aliphatic rings. The summed E-state index contributed by atoms with van der Waals surface area (Å²) in [6, 6.07) is 6.32. The maximum atomic E-state index is 12.7. The number of carbonyl (C=O) groups excluding carboxylic acids is 2. The summed E-state index contributed by atoms with van der Waals surface area (Å²) in [6.45, 7) is 0.177. The van der Waals surface area contributed by atoms with Crippen LogP contribution in [0.3, 0.4) is 0 Å². The van der Waals surface area contributed by atoms with E-state index < -0.39 is 23.8 Å². The van der Waals surface area contributed by atoms with Crippen LogP contribution in [0.2, 0.25) is 5.02 Å². The standard InChI is InChI=1S/C15H15ClN2O4/c1-17-12(19)15(13(20)18(2)14(17)21)11(7-8-22-15)9-3-5-10(16)6-4-9/h3-7,12,19H,8H2,1-2H3. The van der Waals surface area contributed by atoms with Gasteiger partial charge in [0, 0.05) is 24.7 Å². The zero-order valence-corrected chi connectivity index (χ0v) is 12.9. The Morgan fingerprint density at radius 1 is 1.27 bits per heavy atom. The topological polar surface area (TPSA) is 70.1 Å². The van der Waals surface area contributed by atoms with Gasteiger partial charge in [-0.3, -0.25) is 14.6 Å². The van der Waals surface area contributed by atoms with Crippen molar-refractivity contribution in [1.29, 1.82) is 0 Å². The van der Waals surface area contributed by atoms with Crippen molar-refractivity contribution in [3.8, 4) is 0 Å². The van der Waals surface area contributed by atoms with E-state index in [0.29, 0.717) is 16.2 Å². The number of rotatable bonds is 1. The van der Waals surface area contributed by atoms with Crippen molar-refractivity contribution in [3.05, 3.63) is 40.9 Å². The first-order valence-corrected chi connectivity index (χ1v) is 7.11. The van der Waals surface area contributed by atoms with Crippen LogP contribution in [0, 0.1) is 0 Å². The maximum absolute atomic E-state index is 12.7. The van der Waals surface area contributed by atoms with E-state index in [9.17, 15) is 14.7 Å². The lowest BCUT2D eigenvalue weighted by molar-refractivity contribution is -0.176. The SMILES string of the molecule is CN1C(=O)N(C)C(O)C2(OCC=C2c2ccc(Cl)cc2)C1=O. The first-order valence-electron chi connectivity index (χ1n) is 6.73. The van der Waals surface area contributed by atoms with Gasteiger partial charge in [0.05, 0.1) is 6.61 Å². The van der Waals surface area contributed by atoms with Gasteiger partial charge in [0.2, 0.25) is 5.60 Å². The molecule has 1 N–H and O–H groups in total. The molecule has 116 valence electrons. The predicted octanol–water partition coefficient (Wildman–Crippen LogP) is 1.33. The number of benzene rings is 1. The number of hydrogen-bond acceptors (Lipinski definition) is 4. The van der Waals surface area contributed by atoms with Gasteiger partial charge in [-0.25, -0.2) is 4.79 Å². The molecule has 0 bridgehead atoms. The Kier molecular flexibility index (Phi) is 3.47. The normalized spacial score (nSPS) is 28.5. The second kappa shape index (κ2) is 5.08. The number of nitrogens with zero attached hydrogens (tertiary/aromatic N) is 2. The third-order valence-electron chi connectivity index (χ3n) is 4.10. The van der Waals surface area contributed by atoms with Crippen LogP contribution in [0.15, 0.2) is 30.3 Å². The van der Waals surface area contributed by atoms with Gasteiger partial charge in [-0.1, -0.05) is 29.8 Å². The fourth-order valence-electron chi connectivity index (χ4n) is 2.90. The molecule has 2 unspecified atom stereocenters. The highest BCUT2D eigenvalue weighted by molar-refractivity contribution is 6.30.